The van der Waals surface area contributed by atoms with Gasteiger partial charge >= 0.3 is 0 Å². The summed E-state index contributed by atoms with van der Waals surface area (Å²) in [4.78, 5) is 33.0. The molecular weight excluding hydrogens is 410 g/mol. The Morgan fingerprint density at radius 1 is 1.19 bits per heavy atom. The Bertz CT molecular complexity index is 1190. The first kappa shape index (κ1) is 20.3. The maximum atomic E-state index is 13.2. The monoisotopic (exact) mass is 435 g/mol. The van der Waals surface area contributed by atoms with Crippen molar-refractivity contribution in [2.45, 2.75) is 50.0 Å². The number of carbonyl (C=O) groups is 1. The van der Waals surface area contributed by atoms with Gasteiger partial charge in [0.2, 0.25) is 5.91 Å². The number of hydrogen-bond donors (Lipinski definition) is 0. The zero-order valence-electron chi connectivity index (χ0n) is 17.5. The summed E-state index contributed by atoms with van der Waals surface area (Å²) >= 11 is 1.34. The normalized spacial score (nSPS) is 20.4. The van der Waals surface area contributed by atoms with Crippen molar-refractivity contribution >= 4 is 34.3 Å². The minimum Gasteiger partial charge on any atom is -0.376 e. The van der Waals surface area contributed by atoms with Crippen LogP contribution in [-0.4, -0.2) is 40.0 Å². The lowest BCUT2D eigenvalue weighted by atomic mass is 10.1. The van der Waals surface area contributed by atoms with Gasteiger partial charge in [-0.1, -0.05) is 42.1 Å². The van der Waals surface area contributed by atoms with Crippen LogP contribution in [0.25, 0.3) is 10.9 Å². The van der Waals surface area contributed by atoms with Gasteiger partial charge < -0.3 is 9.64 Å². The van der Waals surface area contributed by atoms with Crippen LogP contribution in [0, 0.1) is 0 Å². The number of anilines is 1. The minimum atomic E-state index is -0.0732. The number of hydrogen-bond acceptors (Lipinski definition) is 5. The molecule has 2 aliphatic heterocycles. The predicted octanol–water partition coefficient (Wildman–Crippen LogP) is 3.65. The van der Waals surface area contributed by atoms with Crippen LogP contribution in [-0.2, 0) is 22.5 Å². The van der Waals surface area contributed by atoms with Crippen LogP contribution in [0.3, 0.4) is 0 Å². The van der Waals surface area contributed by atoms with Crippen molar-refractivity contribution in [1.29, 1.82) is 0 Å². The maximum absolute atomic E-state index is 13.2. The molecule has 5 rings (SSSR count). The van der Waals surface area contributed by atoms with Crippen LogP contribution >= 0.6 is 11.8 Å². The summed E-state index contributed by atoms with van der Waals surface area (Å²) in [6, 6.07) is 15.6. The van der Waals surface area contributed by atoms with Crippen molar-refractivity contribution in [2.75, 3.05) is 17.3 Å². The van der Waals surface area contributed by atoms with E-state index in [1.807, 2.05) is 41.3 Å². The molecular formula is C24H25N3O3S. The number of amides is 1. The highest BCUT2D eigenvalue weighted by atomic mass is 32.2. The molecule has 6 nitrogen and oxygen atoms in total. The molecule has 0 aliphatic carbocycles. The van der Waals surface area contributed by atoms with Crippen molar-refractivity contribution in [1.82, 2.24) is 9.55 Å². The number of rotatable bonds is 5. The number of para-hydroxylation sites is 2. The van der Waals surface area contributed by atoms with Crippen molar-refractivity contribution in [3.05, 3.63) is 64.4 Å². The Balaban J connectivity index is 1.43. The summed E-state index contributed by atoms with van der Waals surface area (Å²) in [6.07, 6.45) is 2.82. The van der Waals surface area contributed by atoms with Gasteiger partial charge in [0.15, 0.2) is 5.16 Å². The van der Waals surface area contributed by atoms with Crippen LogP contribution in [0.4, 0.5) is 5.69 Å². The van der Waals surface area contributed by atoms with Gasteiger partial charge in [-0.25, -0.2) is 4.98 Å². The van der Waals surface area contributed by atoms with Crippen molar-refractivity contribution in [2.24, 2.45) is 0 Å². The molecule has 31 heavy (non-hydrogen) atoms. The second-order valence-electron chi connectivity index (χ2n) is 8.20. The zero-order chi connectivity index (χ0) is 21.4. The first-order valence-electron chi connectivity index (χ1n) is 10.8. The molecule has 160 valence electrons. The molecule has 0 N–H and O–H groups in total. The van der Waals surface area contributed by atoms with Crippen LogP contribution in [0.5, 0.6) is 0 Å². The highest BCUT2D eigenvalue weighted by molar-refractivity contribution is 7.99. The molecule has 7 heteroatoms. The van der Waals surface area contributed by atoms with Gasteiger partial charge in [-0.2, -0.15) is 0 Å². The predicted molar refractivity (Wildman–Crippen MR) is 123 cm³/mol. The lowest BCUT2D eigenvalue weighted by Gasteiger charge is -2.23. The summed E-state index contributed by atoms with van der Waals surface area (Å²) in [7, 11) is 0. The second-order valence-corrected chi connectivity index (χ2v) is 9.14. The molecule has 1 saturated heterocycles. The third-order valence-electron chi connectivity index (χ3n) is 6.04. The highest BCUT2D eigenvalue weighted by Gasteiger charge is 2.30. The SMILES string of the molecule is CC1Cc2ccccc2N1C(=O)CSc1nc2ccccc2c(=O)n1CC1CCCO1. The maximum Gasteiger partial charge on any atom is 0.262 e. The molecule has 0 bridgehead atoms. The van der Waals surface area contributed by atoms with Crippen LogP contribution in [0.2, 0.25) is 0 Å². The van der Waals surface area contributed by atoms with Gasteiger partial charge in [0.25, 0.3) is 5.56 Å². The van der Waals surface area contributed by atoms with Crippen molar-refractivity contribution in [3.63, 3.8) is 0 Å². The van der Waals surface area contributed by atoms with Crippen molar-refractivity contribution < 1.29 is 9.53 Å². The Morgan fingerprint density at radius 3 is 2.84 bits per heavy atom. The average molecular weight is 436 g/mol. The Labute approximate surface area is 185 Å². The van der Waals surface area contributed by atoms with E-state index in [1.54, 1.807) is 10.6 Å². The smallest absolute Gasteiger partial charge is 0.262 e. The zero-order valence-corrected chi connectivity index (χ0v) is 18.3. The molecule has 2 aliphatic rings. The minimum absolute atomic E-state index is 0.0150. The first-order chi connectivity index (χ1) is 15.1. The van der Waals surface area contributed by atoms with E-state index in [0.29, 0.717) is 22.6 Å². The Hall–Kier alpha value is -2.64. The number of thioether (sulfide) groups is 1. The third-order valence-corrected chi connectivity index (χ3v) is 7.00. The van der Waals surface area contributed by atoms with Gasteiger partial charge in [-0.05, 0) is 49.9 Å². The van der Waals surface area contributed by atoms with E-state index < -0.39 is 0 Å². The fourth-order valence-electron chi connectivity index (χ4n) is 4.55. The number of aromatic nitrogens is 2. The Morgan fingerprint density at radius 2 is 2.00 bits per heavy atom. The number of fused-ring (bicyclic) bond motifs is 2. The highest BCUT2D eigenvalue weighted by Crippen LogP contribution is 2.33. The summed E-state index contributed by atoms with van der Waals surface area (Å²) in [5.74, 6) is 0.267. The fourth-order valence-corrected chi connectivity index (χ4v) is 5.42. The first-order valence-corrected chi connectivity index (χ1v) is 11.7. The topological polar surface area (TPSA) is 64.4 Å². The summed E-state index contributed by atoms with van der Waals surface area (Å²) in [5, 5.41) is 1.17. The standard InChI is InChI=1S/C24H25N3O3S/c1-16-13-17-7-2-5-11-21(17)27(16)22(28)15-31-24-25-20-10-4-3-9-19(20)23(29)26(24)14-18-8-6-12-30-18/h2-5,7,9-11,16,18H,6,8,12-15H2,1H3. The lowest BCUT2D eigenvalue weighted by molar-refractivity contribution is -0.116. The molecule has 1 fully saturated rings. The average Bonchev–Trinajstić information content (AvgIpc) is 3.41. The number of carbonyl (C=O) groups excluding carboxylic acids is 1. The molecule has 2 unspecified atom stereocenters. The van der Waals surface area contributed by atoms with E-state index in [0.717, 1.165) is 31.6 Å². The van der Waals surface area contributed by atoms with Crippen molar-refractivity contribution in [3.8, 4) is 0 Å². The summed E-state index contributed by atoms with van der Waals surface area (Å²) in [6.45, 7) is 3.27. The summed E-state index contributed by atoms with van der Waals surface area (Å²) in [5.41, 5.74) is 2.78. The third kappa shape index (κ3) is 3.88. The fraction of sp³-hybridized carbons (Fsp3) is 0.375. The molecule has 0 spiro atoms. The Kier molecular flexibility index (Phi) is 5.54. The van der Waals surface area contributed by atoms with E-state index in [-0.39, 0.29) is 29.4 Å². The van der Waals surface area contributed by atoms with Crippen LogP contribution in [0.1, 0.15) is 25.3 Å². The van der Waals surface area contributed by atoms with Gasteiger partial charge in [0.05, 0.1) is 29.3 Å². The molecule has 0 radical (unpaired) electrons. The largest absolute Gasteiger partial charge is 0.376 e. The molecule has 3 heterocycles. The molecule has 0 saturated carbocycles. The van der Waals surface area contributed by atoms with Gasteiger partial charge in [0, 0.05) is 18.3 Å². The van der Waals surface area contributed by atoms with E-state index >= 15 is 0 Å². The lowest BCUT2D eigenvalue weighted by Crippen LogP contribution is -2.37. The molecule has 1 aromatic heterocycles. The molecule has 3 aromatic rings. The van der Waals surface area contributed by atoms with Gasteiger partial charge in [-0.3, -0.25) is 14.2 Å². The molecule has 1 amide bonds. The molecule has 2 aromatic carbocycles. The number of nitrogens with zero attached hydrogens (tertiary/aromatic N) is 3. The van der Waals surface area contributed by atoms with E-state index in [9.17, 15) is 9.59 Å². The van der Waals surface area contributed by atoms with Crippen LogP contribution in [0.15, 0.2) is 58.5 Å². The number of benzene rings is 2. The summed E-state index contributed by atoms with van der Waals surface area (Å²) < 4.78 is 7.46. The van der Waals surface area contributed by atoms with Gasteiger partial charge in [-0.15, -0.1) is 0 Å². The van der Waals surface area contributed by atoms with Gasteiger partial charge in [0.1, 0.15) is 0 Å². The van der Waals surface area contributed by atoms with E-state index in [2.05, 4.69) is 13.0 Å². The second kappa shape index (κ2) is 8.48. The molecule has 2 atom stereocenters. The van der Waals surface area contributed by atoms with E-state index in [1.165, 1.54) is 17.3 Å². The van der Waals surface area contributed by atoms with Crippen LogP contribution < -0.4 is 10.5 Å². The quantitative estimate of drug-likeness (QED) is 0.452. The number of ether oxygens (including phenoxy) is 1. The van der Waals surface area contributed by atoms with E-state index in [4.69, 9.17) is 9.72 Å².